The molecule has 3 heterocycles. The Labute approximate surface area is 191 Å². The summed E-state index contributed by atoms with van der Waals surface area (Å²) in [5, 5.41) is 0.998. The van der Waals surface area contributed by atoms with Crippen LogP contribution in [0.1, 0.15) is 26.5 Å². The molecular formula is C25H16N4O3S. The van der Waals surface area contributed by atoms with Crippen LogP contribution >= 0.6 is 11.3 Å². The molecular weight excluding hydrogens is 436 g/mol. The fraction of sp³-hybridized carbons (Fsp3) is 0.0800. The summed E-state index contributed by atoms with van der Waals surface area (Å²) in [5.41, 5.74) is 1.94. The Bertz CT molecular complexity index is 1580. The molecule has 8 heteroatoms. The van der Waals surface area contributed by atoms with E-state index in [1.165, 1.54) is 20.8 Å². The second-order valence-corrected chi connectivity index (χ2v) is 8.72. The zero-order valence-corrected chi connectivity index (χ0v) is 18.1. The highest BCUT2D eigenvalue weighted by Crippen LogP contribution is 2.26. The highest BCUT2D eigenvalue weighted by Gasteiger charge is 2.35. The molecule has 2 aromatic heterocycles. The van der Waals surface area contributed by atoms with Gasteiger partial charge in [-0.2, -0.15) is 0 Å². The van der Waals surface area contributed by atoms with Crippen molar-refractivity contribution in [3.63, 3.8) is 0 Å². The van der Waals surface area contributed by atoms with E-state index >= 15 is 0 Å². The van der Waals surface area contributed by atoms with Gasteiger partial charge in [0, 0.05) is 13.0 Å². The highest BCUT2D eigenvalue weighted by molar-refractivity contribution is 7.20. The molecule has 1 aliphatic heterocycles. The summed E-state index contributed by atoms with van der Waals surface area (Å²) in [6.07, 6.45) is 0.224. The number of benzene rings is 3. The van der Waals surface area contributed by atoms with Gasteiger partial charge in [-0.1, -0.05) is 47.7 Å². The van der Waals surface area contributed by atoms with Crippen LogP contribution in [0.3, 0.4) is 0 Å². The first kappa shape index (κ1) is 19.5. The zero-order chi connectivity index (χ0) is 22.5. The number of thiazole rings is 1. The standard InChI is InChI=1S/C25H16N4O3S/c30-22-15-7-1-2-8-16(15)23(31)28(22)14-13-21-26-18-10-4-3-9-17(18)24(32)29(21)25-27-19-11-5-6-12-20(19)33-25/h1-12H,13-14H2. The van der Waals surface area contributed by atoms with Crippen LogP contribution in [0.15, 0.2) is 77.6 Å². The van der Waals surface area contributed by atoms with E-state index < -0.39 is 0 Å². The lowest BCUT2D eigenvalue weighted by atomic mass is 10.1. The number of aromatic nitrogens is 3. The molecule has 5 aromatic rings. The molecule has 0 aliphatic carbocycles. The number of hydrogen-bond donors (Lipinski definition) is 0. The van der Waals surface area contributed by atoms with Gasteiger partial charge in [0.1, 0.15) is 5.82 Å². The third-order valence-electron chi connectivity index (χ3n) is 5.76. The fourth-order valence-corrected chi connectivity index (χ4v) is 5.14. The molecule has 0 spiro atoms. The molecule has 0 atom stereocenters. The first-order valence-corrected chi connectivity index (χ1v) is 11.3. The fourth-order valence-electron chi connectivity index (χ4n) is 4.15. The van der Waals surface area contributed by atoms with Crippen LogP contribution in [0.2, 0.25) is 0 Å². The van der Waals surface area contributed by atoms with E-state index in [-0.39, 0.29) is 30.3 Å². The zero-order valence-electron chi connectivity index (χ0n) is 17.3. The van der Waals surface area contributed by atoms with Crippen LogP contribution in [0.25, 0.3) is 26.3 Å². The summed E-state index contributed by atoms with van der Waals surface area (Å²) in [4.78, 5) is 49.6. The molecule has 0 saturated carbocycles. The third kappa shape index (κ3) is 3.07. The highest BCUT2D eigenvalue weighted by atomic mass is 32.1. The maximum Gasteiger partial charge on any atom is 0.267 e. The van der Waals surface area contributed by atoms with Crippen molar-refractivity contribution < 1.29 is 9.59 Å². The number of rotatable bonds is 4. The number of nitrogens with zero attached hydrogens (tertiary/aromatic N) is 4. The van der Waals surface area contributed by atoms with Gasteiger partial charge in [0.25, 0.3) is 17.4 Å². The first-order chi connectivity index (χ1) is 16.1. The SMILES string of the molecule is O=C1c2ccccc2C(=O)N1CCc1nc2ccccc2c(=O)n1-c1nc2ccccc2s1. The van der Waals surface area contributed by atoms with Crippen LogP contribution in [0.5, 0.6) is 0 Å². The number of carbonyl (C=O) groups is 2. The summed E-state index contributed by atoms with van der Waals surface area (Å²) in [5.74, 6) is -0.204. The smallest absolute Gasteiger partial charge is 0.267 e. The van der Waals surface area contributed by atoms with Crippen molar-refractivity contribution >= 4 is 44.3 Å². The van der Waals surface area contributed by atoms with Gasteiger partial charge >= 0.3 is 0 Å². The monoisotopic (exact) mass is 452 g/mol. The second kappa shape index (κ2) is 7.46. The number of fused-ring (bicyclic) bond motifs is 3. The van der Waals surface area contributed by atoms with Gasteiger partial charge in [0.15, 0.2) is 5.13 Å². The molecule has 0 saturated heterocycles. The van der Waals surface area contributed by atoms with Gasteiger partial charge in [-0.05, 0) is 36.4 Å². The maximum atomic E-state index is 13.5. The molecule has 0 N–H and O–H groups in total. The number of hydrogen-bond acceptors (Lipinski definition) is 6. The topological polar surface area (TPSA) is 85.2 Å². The molecule has 0 fully saturated rings. The minimum atomic E-state index is -0.328. The Morgan fingerprint density at radius 3 is 2.09 bits per heavy atom. The van der Waals surface area contributed by atoms with E-state index in [9.17, 15) is 14.4 Å². The van der Waals surface area contributed by atoms with Crippen LogP contribution in [-0.2, 0) is 6.42 Å². The minimum Gasteiger partial charge on any atom is -0.274 e. The van der Waals surface area contributed by atoms with Crippen LogP contribution < -0.4 is 5.56 Å². The maximum absolute atomic E-state index is 13.5. The summed E-state index contributed by atoms with van der Waals surface area (Å²) >= 11 is 1.40. The van der Waals surface area contributed by atoms with E-state index in [0.717, 1.165) is 10.2 Å². The lowest BCUT2D eigenvalue weighted by Gasteiger charge is -2.16. The van der Waals surface area contributed by atoms with E-state index in [0.29, 0.717) is 33.0 Å². The van der Waals surface area contributed by atoms with Gasteiger partial charge in [-0.25, -0.2) is 14.5 Å². The largest absolute Gasteiger partial charge is 0.274 e. The molecule has 33 heavy (non-hydrogen) atoms. The number of amides is 2. The van der Waals surface area contributed by atoms with Gasteiger partial charge in [-0.3, -0.25) is 19.3 Å². The summed E-state index contributed by atoms with van der Waals surface area (Å²) in [6, 6.07) is 21.6. The number of para-hydroxylation sites is 2. The predicted molar refractivity (Wildman–Crippen MR) is 126 cm³/mol. The van der Waals surface area contributed by atoms with Crippen molar-refractivity contribution in [2.45, 2.75) is 6.42 Å². The third-order valence-corrected chi connectivity index (χ3v) is 6.78. The van der Waals surface area contributed by atoms with E-state index in [1.807, 2.05) is 30.3 Å². The van der Waals surface area contributed by atoms with Gasteiger partial charge < -0.3 is 0 Å². The molecule has 1 aliphatic rings. The Morgan fingerprint density at radius 1 is 0.727 bits per heavy atom. The summed E-state index contributed by atoms with van der Waals surface area (Å²) in [7, 11) is 0. The summed E-state index contributed by atoms with van der Waals surface area (Å²) in [6.45, 7) is 0.113. The Hall–Kier alpha value is -4.17. The lowest BCUT2D eigenvalue weighted by Crippen LogP contribution is -2.33. The average Bonchev–Trinajstić information content (AvgIpc) is 3.37. The molecule has 3 aromatic carbocycles. The van der Waals surface area contributed by atoms with Crippen molar-refractivity contribution in [1.82, 2.24) is 19.4 Å². The normalized spacial score (nSPS) is 13.3. The lowest BCUT2D eigenvalue weighted by molar-refractivity contribution is 0.0655. The first-order valence-electron chi connectivity index (χ1n) is 10.4. The number of carbonyl (C=O) groups excluding carboxylic acids is 2. The Morgan fingerprint density at radius 2 is 1.36 bits per heavy atom. The average molecular weight is 452 g/mol. The van der Waals surface area contributed by atoms with Crippen LogP contribution in [0, 0.1) is 0 Å². The van der Waals surface area contributed by atoms with Crippen molar-refractivity contribution in [2.75, 3.05) is 6.54 Å². The molecule has 0 bridgehead atoms. The molecule has 0 unspecified atom stereocenters. The second-order valence-electron chi connectivity index (χ2n) is 7.71. The molecule has 160 valence electrons. The van der Waals surface area contributed by atoms with Crippen LogP contribution in [0.4, 0.5) is 0 Å². The summed E-state index contributed by atoms with van der Waals surface area (Å²) < 4.78 is 2.46. The van der Waals surface area contributed by atoms with Gasteiger partial charge in [-0.15, -0.1) is 0 Å². The van der Waals surface area contributed by atoms with Crippen molar-refractivity contribution in [3.05, 3.63) is 100 Å². The van der Waals surface area contributed by atoms with Crippen molar-refractivity contribution in [2.24, 2.45) is 0 Å². The molecule has 2 amide bonds. The van der Waals surface area contributed by atoms with Crippen molar-refractivity contribution in [3.8, 4) is 5.13 Å². The molecule has 6 rings (SSSR count). The quantitative estimate of drug-likeness (QED) is 0.387. The molecule has 7 nitrogen and oxygen atoms in total. The minimum absolute atomic E-state index is 0.113. The van der Waals surface area contributed by atoms with Gasteiger partial charge in [0.05, 0.1) is 32.2 Å². The number of imide groups is 1. The van der Waals surface area contributed by atoms with Gasteiger partial charge in [0.2, 0.25) is 0 Å². The van der Waals surface area contributed by atoms with E-state index in [4.69, 9.17) is 4.98 Å². The molecule has 0 radical (unpaired) electrons. The van der Waals surface area contributed by atoms with E-state index in [1.54, 1.807) is 42.5 Å². The predicted octanol–water partition coefficient (Wildman–Crippen LogP) is 3.83. The Kier molecular flexibility index (Phi) is 4.41. The Balaban J connectivity index is 1.44. The van der Waals surface area contributed by atoms with Crippen LogP contribution in [-0.4, -0.2) is 37.8 Å². The van der Waals surface area contributed by atoms with Crippen molar-refractivity contribution in [1.29, 1.82) is 0 Å². The van der Waals surface area contributed by atoms with E-state index in [2.05, 4.69) is 4.98 Å².